The molecule has 0 amide bonds. The van der Waals surface area contributed by atoms with Gasteiger partial charge in [-0.3, -0.25) is 0 Å². The Morgan fingerprint density at radius 2 is 1.38 bits per heavy atom. The Morgan fingerprint density at radius 3 is 1.62 bits per heavy atom. The third-order valence-electron chi connectivity index (χ3n) is 1.04. The fourth-order valence-electron chi connectivity index (χ4n) is 0.530. The number of azo groups is 1. The molecule has 0 saturated carbocycles. The van der Waals surface area contributed by atoms with Gasteiger partial charge in [-0.15, -0.1) is 0 Å². The molecule has 1 aliphatic heterocycles. The van der Waals surface area contributed by atoms with Crippen molar-refractivity contribution in [2.75, 3.05) is 0 Å². The van der Waals surface area contributed by atoms with Crippen LogP contribution in [0.5, 0.6) is 0 Å². The van der Waals surface area contributed by atoms with Crippen LogP contribution in [0.25, 0.3) is 0 Å². The van der Waals surface area contributed by atoms with Gasteiger partial charge in [0, 0.05) is 0 Å². The van der Waals surface area contributed by atoms with Crippen LogP contribution < -0.4 is 0 Å². The largest absolute Gasteiger partial charge is 0.156 e. The van der Waals surface area contributed by atoms with Crippen LogP contribution in [0.4, 0.5) is 0 Å². The van der Waals surface area contributed by atoms with Crippen molar-refractivity contribution < 1.29 is 0 Å². The molecule has 0 N–H and O–H groups in total. The number of rotatable bonds is 0. The van der Waals surface area contributed by atoms with Gasteiger partial charge in [0.25, 0.3) is 0 Å². The zero-order valence-corrected chi connectivity index (χ0v) is 4.72. The Labute approximate surface area is 48.6 Å². The highest BCUT2D eigenvalue weighted by Crippen LogP contribution is 2.17. The molecule has 0 saturated heterocycles. The van der Waals surface area contributed by atoms with E-state index in [0.29, 0.717) is 0 Å². The Balaban J connectivity index is 2.68. The van der Waals surface area contributed by atoms with Gasteiger partial charge in [-0.05, 0) is 12.8 Å². The van der Waals surface area contributed by atoms with Gasteiger partial charge in [0.2, 0.25) is 0 Å². The standard InChI is InChI=1S/C6H8N2/c1-5-3-4-6(2)8-7-5/h1-4H2. The molecule has 0 atom stereocenters. The number of nitrogens with zero attached hydrogens (tertiary/aromatic N) is 2. The molecule has 42 valence electrons. The van der Waals surface area contributed by atoms with E-state index in [1.54, 1.807) is 0 Å². The summed E-state index contributed by atoms with van der Waals surface area (Å²) in [5.74, 6) is 0. The average molecular weight is 108 g/mol. The predicted molar refractivity (Wildman–Crippen MR) is 32.4 cm³/mol. The number of allylic oxidation sites excluding steroid dienone is 2. The third-order valence-corrected chi connectivity index (χ3v) is 1.04. The minimum atomic E-state index is 0.859. The highest BCUT2D eigenvalue weighted by molar-refractivity contribution is 5.03. The highest BCUT2D eigenvalue weighted by Gasteiger charge is 2.00. The molecule has 0 bridgehead atoms. The van der Waals surface area contributed by atoms with Crippen LogP contribution in [0.1, 0.15) is 12.8 Å². The smallest absolute Gasteiger partial charge is 0.0563 e. The fourth-order valence-corrected chi connectivity index (χ4v) is 0.530. The van der Waals surface area contributed by atoms with Gasteiger partial charge in [-0.25, -0.2) is 0 Å². The zero-order chi connectivity index (χ0) is 5.98. The van der Waals surface area contributed by atoms with Gasteiger partial charge in [0.1, 0.15) is 0 Å². The van der Waals surface area contributed by atoms with E-state index >= 15 is 0 Å². The Hall–Kier alpha value is -0.920. The van der Waals surface area contributed by atoms with Crippen LogP contribution in [-0.4, -0.2) is 0 Å². The highest BCUT2D eigenvalue weighted by atomic mass is 15.1. The van der Waals surface area contributed by atoms with Gasteiger partial charge in [-0.2, -0.15) is 10.2 Å². The molecule has 0 aliphatic carbocycles. The predicted octanol–water partition coefficient (Wildman–Crippen LogP) is 2.26. The maximum absolute atomic E-state index is 3.74. The molecular weight excluding hydrogens is 100 g/mol. The monoisotopic (exact) mass is 108 g/mol. The third kappa shape index (κ3) is 1.03. The summed E-state index contributed by atoms with van der Waals surface area (Å²) in [6.07, 6.45) is 1.84. The van der Waals surface area contributed by atoms with E-state index in [0.717, 1.165) is 24.2 Å². The van der Waals surface area contributed by atoms with Gasteiger partial charge < -0.3 is 0 Å². The maximum Gasteiger partial charge on any atom is 0.0563 e. The van der Waals surface area contributed by atoms with E-state index in [1.807, 2.05) is 0 Å². The summed E-state index contributed by atoms with van der Waals surface area (Å²) in [6.45, 7) is 7.29. The molecule has 0 aromatic heterocycles. The van der Waals surface area contributed by atoms with Crippen LogP contribution >= 0.6 is 0 Å². The minimum absolute atomic E-state index is 0.859. The molecular formula is C6H8N2. The fraction of sp³-hybridized carbons (Fsp3) is 0.333. The van der Waals surface area contributed by atoms with E-state index in [1.165, 1.54) is 0 Å². The van der Waals surface area contributed by atoms with E-state index in [2.05, 4.69) is 23.4 Å². The van der Waals surface area contributed by atoms with E-state index in [-0.39, 0.29) is 0 Å². The molecule has 1 aliphatic rings. The molecule has 2 heteroatoms. The molecule has 0 aromatic carbocycles. The summed E-state index contributed by atoms with van der Waals surface area (Å²) in [5.41, 5.74) is 1.72. The molecule has 8 heavy (non-hydrogen) atoms. The lowest BCUT2D eigenvalue weighted by Crippen LogP contribution is -1.85. The van der Waals surface area contributed by atoms with Crippen molar-refractivity contribution in [1.82, 2.24) is 0 Å². The first kappa shape index (κ1) is 5.22. The summed E-state index contributed by atoms with van der Waals surface area (Å²) in [7, 11) is 0. The lowest BCUT2D eigenvalue weighted by molar-refractivity contribution is 0.806. The Kier molecular flexibility index (Phi) is 1.24. The maximum atomic E-state index is 3.74. The number of hydrogen-bond donors (Lipinski definition) is 0. The molecule has 2 nitrogen and oxygen atoms in total. The van der Waals surface area contributed by atoms with Crippen molar-refractivity contribution in [3.8, 4) is 0 Å². The van der Waals surface area contributed by atoms with Gasteiger partial charge in [-0.1, -0.05) is 13.2 Å². The zero-order valence-electron chi connectivity index (χ0n) is 4.72. The first-order chi connectivity index (χ1) is 3.79. The van der Waals surface area contributed by atoms with Gasteiger partial charge >= 0.3 is 0 Å². The van der Waals surface area contributed by atoms with Gasteiger partial charge in [0.15, 0.2) is 0 Å². The Morgan fingerprint density at radius 1 is 1.00 bits per heavy atom. The summed E-state index contributed by atoms with van der Waals surface area (Å²) in [6, 6.07) is 0. The lowest BCUT2D eigenvalue weighted by Gasteiger charge is -2.03. The summed E-state index contributed by atoms with van der Waals surface area (Å²) < 4.78 is 0. The molecule has 0 unspecified atom stereocenters. The summed E-state index contributed by atoms with van der Waals surface area (Å²) in [5, 5.41) is 7.48. The summed E-state index contributed by atoms with van der Waals surface area (Å²) >= 11 is 0. The molecule has 0 aromatic rings. The van der Waals surface area contributed by atoms with Crippen molar-refractivity contribution in [2.24, 2.45) is 10.2 Å². The van der Waals surface area contributed by atoms with E-state index in [9.17, 15) is 0 Å². The normalized spacial score (nSPS) is 19.5. The van der Waals surface area contributed by atoms with Crippen molar-refractivity contribution >= 4 is 0 Å². The van der Waals surface area contributed by atoms with Crippen LogP contribution in [0.15, 0.2) is 34.8 Å². The SMILES string of the molecule is C=C1CCC(=C)N=N1. The van der Waals surface area contributed by atoms with Crippen molar-refractivity contribution in [3.63, 3.8) is 0 Å². The van der Waals surface area contributed by atoms with Crippen LogP contribution in [0, 0.1) is 0 Å². The van der Waals surface area contributed by atoms with E-state index < -0.39 is 0 Å². The second kappa shape index (κ2) is 1.90. The molecule has 1 heterocycles. The first-order valence-corrected chi connectivity index (χ1v) is 2.56. The van der Waals surface area contributed by atoms with Crippen LogP contribution in [0.2, 0.25) is 0 Å². The average Bonchev–Trinajstić information content (AvgIpc) is 1.77. The molecule has 0 fully saturated rings. The van der Waals surface area contributed by atoms with Crippen molar-refractivity contribution in [3.05, 3.63) is 24.6 Å². The lowest BCUT2D eigenvalue weighted by atomic mass is 10.2. The van der Waals surface area contributed by atoms with Gasteiger partial charge in [0.05, 0.1) is 11.4 Å². The number of hydrogen-bond acceptors (Lipinski definition) is 2. The van der Waals surface area contributed by atoms with Crippen molar-refractivity contribution in [1.29, 1.82) is 0 Å². The van der Waals surface area contributed by atoms with Crippen LogP contribution in [-0.2, 0) is 0 Å². The van der Waals surface area contributed by atoms with E-state index in [4.69, 9.17) is 0 Å². The molecule has 1 rings (SSSR count). The first-order valence-electron chi connectivity index (χ1n) is 2.56. The minimum Gasteiger partial charge on any atom is -0.156 e. The topological polar surface area (TPSA) is 24.7 Å². The van der Waals surface area contributed by atoms with Crippen LogP contribution in [0.3, 0.4) is 0 Å². The van der Waals surface area contributed by atoms with Crippen molar-refractivity contribution in [2.45, 2.75) is 12.8 Å². The second-order valence-corrected chi connectivity index (χ2v) is 1.83. The summed E-state index contributed by atoms with van der Waals surface area (Å²) in [4.78, 5) is 0. The second-order valence-electron chi connectivity index (χ2n) is 1.83. The quantitative estimate of drug-likeness (QED) is 0.454. The Bertz CT molecular complexity index is 138. The molecule has 0 radical (unpaired) electrons. The molecule has 0 spiro atoms.